The van der Waals surface area contributed by atoms with Crippen molar-refractivity contribution in [2.45, 2.75) is 25.2 Å². The minimum Gasteiger partial charge on any atom is -0.302 e. The topological polar surface area (TPSA) is 30.0 Å². The Morgan fingerprint density at radius 1 is 1.58 bits per heavy atom. The van der Waals surface area contributed by atoms with Gasteiger partial charge in [-0.05, 0) is 37.5 Å². The summed E-state index contributed by atoms with van der Waals surface area (Å²) in [4.78, 5) is 14.9. The number of aryl methyl sites for hydroxylation is 1. The third-order valence-electron chi connectivity index (χ3n) is 2.49. The highest BCUT2D eigenvalue weighted by molar-refractivity contribution is 5.72. The minimum absolute atomic E-state index is 0.145. The van der Waals surface area contributed by atoms with Gasteiger partial charge in [0.2, 0.25) is 0 Å². The number of aromatic nitrogens is 1. The van der Waals surface area contributed by atoms with Crippen LogP contribution in [0.1, 0.15) is 24.1 Å². The first-order chi connectivity index (χ1) is 5.77. The van der Waals surface area contributed by atoms with Gasteiger partial charge in [0, 0.05) is 11.9 Å². The fourth-order valence-corrected chi connectivity index (χ4v) is 1.46. The average molecular weight is 161 g/mol. The second-order valence-electron chi connectivity index (χ2n) is 3.46. The summed E-state index contributed by atoms with van der Waals surface area (Å²) in [5, 5.41) is 0. The van der Waals surface area contributed by atoms with E-state index in [1.54, 1.807) is 6.20 Å². The van der Waals surface area contributed by atoms with Crippen LogP contribution in [0.3, 0.4) is 0 Å². The van der Waals surface area contributed by atoms with Crippen LogP contribution in [0.4, 0.5) is 0 Å². The van der Waals surface area contributed by atoms with Gasteiger partial charge in [0.15, 0.2) is 0 Å². The molecular formula is C10H11NO. The first-order valence-electron chi connectivity index (χ1n) is 4.16. The quantitative estimate of drug-likeness (QED) is 0.617. The molecule has 2 rings (SSSR count). The van der Waals surface area contributed by atoms with E-state index in [-0.39, 0.29) is 5.41 Å². The maximum atomic E-state index is 10.8. The molecule has 0 unspecified atom stereocenters. The molecule has 2 heteroatoms. The van der Waals surface area contributed by atoms with E-state index in [1.165, 1.54) is 0 Å². The summed E-state index contributed by atoms with van der Waals surface area (Å²) >= 11 is 0. The standard InChI is InChI=1S/C10H11NO/c1-8-6-9(2-5-11-8)10(7-12)3-4-10/h2,5-7H,3-4H2,1H3. The third-order valence-corrected chi connectivity index (χ3v) is 2.49. The summed E-state index contributed by atoms with van der Waals surface area (Å²) in [6, 6.07) is 3.94. The molecule has 0 atom stereocenters. The van der Waals surface area contributed by atoms with Crippen LogP contribution in [0.5, 0.6) is 0 Å². The summed E-state index contributed by atoms with van der Waals surface area (Å²) in [6.07, 6.45) is 4.84. The van der Waals surface area contributed by atoms with Crippen molar-refractivity contribution < 1.29 is 4.79 Å². The minimum atomic E-state index is -0.145. The zero-order chi connectivity index (χ0) is 8.60. The first kappa shape index (κ1) is 7.47. The molecule has 1 heterocycles. The van der Waals surface area contributed by atoms with Crippen molar-refractivity contribution >= 4 is 6.29 Å². The van der Waals surface area contributed by atoms with Gasteiger partial charge < -0.3 is 4.79 Å². The smallest absolute Gasteiger partial charge is 0.130 e. The Labute approximate surface area is 71.6 Å². The van der Waals surface area contributed by atoms with Gasteiger partial charge >= 0.3 is 0 Å². The van der Waals surface area contributed by atoms with Gasteiger partial charge in [0.1, 0.15) is 6.29 Å². The second-order valence-corrected chi connectivity index (χ2v) is 3.46. The van der Waals surface area contributed by atoms with Crippen LogP contribution in [0.25, 0.3) is 0 Å². The highest BCUT2D eigenvalue weighted by atomic mass is 16.1. The SMILES string of the molecule is Cc1cc(C2(C=O)CC2)ccn1. The number of hydrogen-bond donors (Lipinski definition) is 0. The largest absolute Gasteiger partial charge is 0.302 e. The molecule has 0 spiro atoms. The molecule has 1 aromatic heterocycles. The van der Waals surface area contributed by atoms with E-state index in [0.717, 1.165) is 30.4 Å². The van der Waals surface area contributed by atoms with Crippen molar-refractivity contribution in [1.82, 2.24) is 4.98 Å². The van der Waals surface area contributed by atoms with Crippen molar-refractivity contribution in [3.63, 3.8) is 0 Å². The molecule has 0 N–H and O–H groups in total. The van der Waals surface area contributed by atoms with Crippen LogP contribution < -0.4 is 0 Å². The molecular weight excluding hydrogens is 150 g/mol. The van der Waals surface area contributed by atoms with Gasteiger partial charge in [-0.15, -0.1) is 0 Å². The molecule has 0 bridgehead atoms. The highest BCUT2D eigenvalue weighted by Crippen LogP contribution is 2.46. The van der Waals surface area contributed by atoms with Crippen molar-refractivity contribution in [2.75, 3.05) is 0 Å². The Hall–Kier alpha value is -1.18. The first-order valence-corrected chi connectivity index (χ1v) is 4.16. The van der Waals surface area contributed by atoms with E-state index in [4.69, 9.17) is 0 Å². The fraction of sp³-hybridized carbons (Fsp3) is 0.400. The maximum Gasteiger partial charge on any atom is 0.130 e. The van der Waals surface area contributed by atoms with Gasteiger partial charge in [-0.3, -0.25) is 4.98 Å². The molecule has 1 fully saturated rings. The van der Waals surface area contributed by atoms with E-state index < -0.39 is 0 Å². The summed E-state index contributed by atoms with van der Waals surface area (Å²) in [5.74, 6) is 0. The number of carbonyl (C=O) groups excluding carboxylic acids is 1. The zero-order valence-corrected chi connectivity index (χ0v) is 7.08. The normalized spacial score (nSPS) is 18.8. The van der Waals surface area contributed by atoms with Gasteiger partial charge in [-0.25, -0.2) is 0 Å². The molecule has 12 heavy (non-hydrogen) atoms. The van der Waals surface area contributed by atoms with Crippen LogP contribution in [0.2, 0.25) is 0 Å². The predicted octanol–water partition coefficient (Wildman–Crippen LogP) is 1.62. The molecule has 0 aromatic carbocycles. The Morgan fingerprint density at radius 2 is 2.33 bits per heavy atom. The van der Waals surface area contributed by atoms with E-state index in [9.17, 15) is 4.79 Å². The lowest BCUT2D eigenvalue weighted by atomic mass is 9.98. The fourth-order valence-electron chi connectivity index (χ4n) is 1.46. The Morgan fingerprint density at radius 3 is 2.83 bits per heavy atom. The molecule has 0 amide bonds. The number of nitrogens with zero attached hydrogens (tertiary/aromatic N) is 1. The highest BCUT2D eigenvalue weighted by Gasteiger charge is 2.44. The zero-order valence-electron chi connectivity index (χ0n) is 7.08. The lowest BCUT2D eigenvalue weighted by Gasteiger charge is -2.06. The van der Waals surface area contributed by atoms with Crippen LogP contribution in [0.15, 0.2) is 18.3 Å². The Bertz CT molecular complexity index is 315. The van der Waals surface area contributed by atoms with Gasteiger partial charge in [0.25, 0.3) is 0 Å². The molecule has 1 aliphatic carbocycles. The average Bonchev–Trinajstić information content (AvgIpc) is 2.84. The molecule has 2 nitrogen and oxygen atoms in total. The number of pyridine rings is 1. The summed E-state index contributed by atoms with van der Waals surface area (Å²) in [6.45, 7) is 1.95. The number of aldehydes is 1. The predicted molar refractivity (Wildman–Crippen MR) is 46.0 cm³/mol. The van der Waals surface area contributed by atoms with Crippen molar-refractivity contribution in [1.29, 1.82) is 0 Å². The van der Waals surface area contributed by atoms with Gasteiger partial charge in [-0.1, -0.05) is 0 Å². The number of carbonyl (C=O) groups is 1. The van der Waals surface area contributed by atoms with Crippen molar-refractivity contribution in [3.05, 3.63) is 29.6 Å². The second kappa shape index (κ2) is 2.41. The molecule has 1 aliphatic rings. The van der Waals surface area contributed by atoms with Gasteiger partial charge in [-0.2, -0.15) is 0 Å². The van der Waals surface area contributed by atoms with Crippen LogP contribution >= 0.6 is 0 Å². The Kier molecular flexibility index (Phi) is 1.50. The van der Waals surface area contributed by atoms with Crippen molar-refractivity contribution in [2.24, 2.45) is 0 Å². The Balaban J connectivity index is 2.40. The molecule has 0 saturated heterocycles. The molecule has 1 saturated carbocycles. The van der Waals surface area contributed by atoms with Crippen LogP contribution in [-0.4, -0.2) is 11.3 Å². The summed E-state index contributed by atoms with van der Waals surface area (Å²) in [7, 11) is 0. The number of hydrogen-bond acceptors (Lipinski definition) is 2. The van der Waals surface area contributed by atoms with Crippen LogP contribution in [0, 0.1) is 6.92 Å². The molecule has 1 aromatic rings. The third kappa shape index (κ3) is 1.04. The van der Waals surface area contributed by atoms with E-state index in [2.05, 4.69) is 4.98 Å². The van der Waals surface area contributed by atoms with Gasteiger partial charge in [0.05, 0.1) is 5.41 Å². The number of rotatable bonds is 2. The summed E-state index contributed by atoms with van der Waals surface area (Å²) in [5.41, 5.74) is 1.97. The van der Waals surface area contributed by atoms with E-state index >= 15 is 0 Å². The lowest BCUT2D eigenvalue weighted by molar-refractivity contribution is -0.109. The lowest BCUT2D eigenvalue weighted by Crippen LogP contribution is -2.07. The molecule has 0 radical (unpaired) electrons. The molecule has 62 valence electrons. The van der Waals surface area contributed by atoms with Crippen molar-refractivity contribution in [3.8, 4) is 0 Å². The van der Waals surface area contributed by atoms with E-state index in [0.29, 0.717) is 0 Å². The monoisotopic (exact) mass is 161 g/mol. The van der Waals surface area contributed by atoms with Crippen LogP contribution in [-0.2, 0) is 10.2 Å². The maximum absolute atomic E-state index is 10.8. The van der Waals surface area contributed by atoms with E-state index in [1.807, 2.05) is 19.1 Å². The summed E-state index contributed by atoms with van der Waals surface area (Å²) < 4.78 is 0. The molecule has 0 aliphatic heterocycles.